The fourth-order valence-corrected chi connectivity index (χ4v) is 3.00. The number of aromatic hydroxyl groups is 1. The van der Waals surface area contributed by atoms with Crippen LogP contribution >= 0.6 is 11.8 Å². The molecule has 2 rings (SSSR count). The van der Waals surface area contributed by atoms with Gasteiger partial charge in [0.15, 0.2) is 10.9 Å². The largest absolute Gasteiger partial charge is 0.506 e. The van der Waals surface area contributed by atoms with Crippen molar-refractivity contribution in [1.29, 1.82) is 0 Å². The smallest absolute Gasteiger partial charge is 0.313 e. The number of esters is 1. The van der Waals surface area contributed by atoms with Gasteiger partial charge in [-0.15, -0.1) is 10.2 Å². The number of carbonyl (C=O) groups is 3. The molecule has 1 amide bonds. The van der Waals surface area contributed by atoms with Gasteiger partial charge in [0.2, 0.25) is 5.91 Å². The van der Waals surface area contributed by atoms with E-state index in [0.29, 0.717) is 23.2 Å². The summed E-state index contributed by atoms with van der Waals surface area (Å²) in [6, 6.07) is 4.25. The Balaban J connectivity index is 2.03. The number of phenols is 1. The van der Waals surface area contributed by atoms with Crippen LogP contribution in [0.15, 0.2) is 23.4 Å². The predicted molar refractivity (Wildman–Crippen MR) is 98.8 cm³/mol. The fourth-order valence-electron chi connectivity index (χ4n) is 2.18. The Labute approximate surface area is 160 Å². The molecule has 2 aromatic rings. The fraction of sp³-hybridized carbons (Fsp3) is 0.353. The summed E-state index contributed by atoms with van der Waals surface area (Å²) in [4.78, 5) is 35.1. The molecule has 0 saturated carbocycles. The van der Waals surface area contributed by atoms with E-state index in [1.807, 2.05) is 0 Å². The summed E-state index contributed by atoms with van der Waals surface area (Å²) in [7, 11) is 1.71. The highest BCUT2D eigenvalue weighted by atomic mass is 32.2. The highest BCUT2D eigenvalue weighted by Crippen LogP contribution is 2.25. The lowest BCUT2D eigenvalue weighted by atomic mass is 10.1. The lowest BCUT2D eigenvalue weighted by Crippen LogP contribution is -2.12. The molecule has 0 bridgehead atoms. The quantitative estimate of drug-likeness (QED) is 0.300. The number of hydrogen-bond donors (Lipinski definition) is 2. The van der Waals surface area contributed by atoms with Crippen LogP contribution in [-0.2, 0) is 27.8 Å². The summed E-state index contributed by atoms with van der Waals surface area (Å²) in [5.41, 5.74) is 0.520. The first-order valence-electron chi connectivity index (χ1n) is 8.12. The predicted octanol–water partition coefficient (Wildman–Crippen LogP) is 1.56. The molecule has 1 heterocycles. The first-order valence-corrected chi connectivity index (χ1v) is 9.10. The summed E-state index contributed by atoms with van der Waals surface area (Å²) in [5.74, 6) is -0.545. The zero-order chi connectivity index (χ0) is 20.0. The number of carbonyl (C=O) groups excluding carboxylic acids is 3. The number of phenolic OH excluding ortho intramolecular Hbond substituents is 1. The second-order valence-electron chi connectivity index (χ2n) is 5.56. The van der Waals surface area contributed by atoms with E-state index in [4.69, 9.17) is 4.74 Å². The molecule has 0 aliphatic heterocycles. The van der Waals surface area contributed by atoms with Crippen LogP contribution in [0.5, 0.6) is 5.75 Å². The Bertz CT molecular complexity index is 865. The molecule has 2 N–H and O–H groups in total. The first-order chi connectivity index (χ1) is 12.8. The summed E-state index contributed by atoms with van der Waals surface area (Å²) < 4.78 is 6.52. The summed E-state index contributed by atoms with van der Waals surface area (Å²) in [5, 5.41) is 20.6. The molecule has 9 nitrogen and oxygen atoms in total. The molecule has 0 spiro atoms. The number of thioether (sulfide) groups is 1. The van der Waals surface area contributed by atoms with E-state index in [1.54, 1.807) is 18.5 Å². The molecule has 0 aliphatic rings. The van der Waals surface area contributed by atoms with E-state index in [9.17, 15) is 19.5 Å². The molecular weight excluding hydrogens is 372 g/mol. The van der Waals surface area contributed by atoms with Gasteiger partial charge in [-0.05, 0) is 25.1 Å². The Morgan fingerprint density at radius 1 is 1.30 bits per heavy atom. The average molecular weight is 392 g/mol. The van der Waals surface area contributed by atoms with Gasteiger partial charge in [-0.3, -0.25) is 14.4 Å². The van der Waals surface area contributed by atoms with E-state index >= 15 is 0 Å². The van der Waals surface area contributed by atoms with Crippen LogP contribution in [0.2, 0.25) is 0 Å². The first kappa shape index (κ1) is 20.4. The van der Waals surface area contributed by atoms with Crippen molar-refractivity contribution in [3.05, 3.63) is 29.6 Å². The Morgan fingerprint density at radius 2 is 2.04 bits per heavy atom. The van der Waals surface area contributed by atoms with Crippen LogP contribution in [0.4, 0.5) is 5.69 Å². The number of anilines is 1. The van der Waals surface area contributed by atoms with Crippen molar-refractivity contribution in [2.45, 2.75) is 25.4 Å². The van der Waals surface area contributed by atoms with Crippen LogP contribution in [0.25, 0.3) is 0 Å². The van der Waals surface area contributed by atoms with Crippen LogP contribution in [0, 0.1) is 0 Å². The van der Waals surface area contributed by atoms with Gasteiger partial charge in [-0.25, -0.2) is 0 Å². The number of ether oxygens (including phenoxy) is 1. The number of Topliss-reactive ketones (excluding diaryl/α,β-unsaturated/α-hetero) is 1. The van der Waals surface area contributed by atoms with Crippen molar-refractivity contribution in [2.24, 2.45) is 7.05 Å². The van der Waals surface area contributed by atoms with E-state index < -0.39 is 5.97 Å². The number of benzene rings is 1. The number of rotatable bonds is 8. The standard InChI is InChI=1S/C17H20N4O5S/c1-4-26-16(25)8-15-19-20-17(21(15)3)27-9-14(24)11-5-6-13(23)12(7-11)18-10(2)22/h5-7,23H,4,8-9H2,1-3H3,(H,18,22). The van der Waals surface area contributed by atoms with E-state index in [1.165, 1.54) is 36.9 Å². The topological polar surface area (TPSA) is 123 Å². The monoisotopic (exact) mass is 392 g/mol. The zero-order valence-electron chi connectivity index (χ0n) is 15.2. The molecule has 1 aromatic heterocycles. The second-order valence-corrected chi connectivity index (χ2v) is 6.51. The third-order valence-electron chi connectivity index (χ3n) is 3.49. The van der Waals surface area contributed by atoms with Gasteiger partial charge < -0.3 is 19.7 Å². The van der Waals surface area contributed by atoms with Crippen molar-refractivity contribution in [3.63, 3.8) is 0 Å². The molecule has 0 radical (unpaired) electrons. The lowest BCUT2D eigenvalue weighted by molar-refractivity contribution is -0.142. The van der Waals surface area contributed by atoms with Crippen LogP contribution in [-0.4, -0.2) is 49.9 Å². The Morgan fingerprint density at radius 3 is 2.70 bits per heavy atom. The van der Waals surface area contributed by atoms with Crippen molar-refractivity contribution < 1.29 is 24.2 Å². The number of aromatic nitrogens is 3. The SMILES string of the molecule is CCOC(=O)Cc1nnc(SCC(=O)c2ccc(O)c(NC(C)=O)c2)n1C. The molecule has 10 heteroatoms. The molecule has 0 saturated heterocycles. The summed E-state index contributed by atoms with van der Waals surface area (Å²) >= 11 is 1.17. The minimum atomic E-state index is -0.393. The van der Waals surface area contributed by atoms with E-state index in [0.717, 1.165) is 0 Å². The van der Waals surface area contributed by atoms with E-state index in [-0.39, 0.29) is 35.3 Å². The van der Waals surface area contributed by atoms with E-state index in [2.05, 4.69) is 15.5 Å². The van der Waals surface area contributed by atoms with Gasteiger partial charge in [0, 0.05) is 19.5 Å². The molecule has 144 valence electrons. The van der Waals surface area contributed by atoms with Crippen LogP contribution in [0.1, 0.15) is 30.0 Å². The maximum Gasteiger partial charge on any atom is 0.313 e. The van der Waals surface area contributed by atoms with Gasteiger partial charge in [0.05, 0.1) is 18.0 Å². The zero-order valence-corrected chi connectivity index (χ0v) is 16.0. The van der Waals surface area contributed by atoms with Gasteiger partial charge in [-0.1, -0.05) is 11.8 Å². The minimum Gasteiger partial charge on any atom is -0.506 e. The highest BCUT2D eigenvalue weighted by Gasteiger charge is 2.16. The van der Waals surface area contributed by atoms with Gasteiger partial charge in [0.25, 0.3) is 0 Å². The molecular formula is C17H20N4O5S. The summed E-state index contributed by atoms with van der Waals surface area (Å²) in [6.07, 6.45) is 0.00385. The van der Waals surface area contributed by atoms with Crippen molar-refractivity contribution >= 4 is 35.1 Å². The number of ketones is 1. The molecule has 0 atom stereocenters. The van der Waals surface area contributed by atoms with Gasteiger partial charge >= 0.3 is 5.97 Å². The highest BCUT2D eigenvalue weighted by molar-refractivity contribution is 7.99. The number of amides is 1. The Kier molecular flexibility index (Phi) is 6.94. The minimum absolute atomic E-state index is 0.00385. The number of hydrogen-bond acceptors (Lipinski definition) is 8. The van der Waals surface area contributed by atoms with Crippen LogP contribution < -0.4 is 5.32 Å². The van der Waals surface area contributed by atoms with Crippen molar-refractivity contribution in [3.8, 4) is 5.75 Å². The van der Waals surface area contributed by atoms with Crippen LogP contribution in [0.3, 0.4) is 0 Å². The molecule has 0 unspecified atom stereocenters. The lowest BCUT2D eigenvalue weighted by Gasteiger charge is -2.08. The third-order valence-corrected chi connectivity index (χ3v) is 4.51. The molecule has 1 aromatic carbocycles. The number of nitrogens with zero attached hydrogens (tertiary/aromatic N) is 3. The maximum absolute atomic E-state index is 12.4. The average Bonchev–Trinajstić information content (AvgIpc) is 2.94. The van der Waals surface area contributed by atoms with Crippen molar-refractivity contribution in [2.75, 3.05) is 17.7 Å². The molecule has 0 aliphatic carbocycles. The maximum atomic E-state index is 12.4. The van der Waals surface area contributed by atoms with Gasteiger partial charge in [-0.2, -0.15) is 0 Å². The summed E-state index contributed by atoms with van der Waals surface area (Å²) in [6.45, 7) is 3.33. The Hall–Kier alpha value is -2.88. The van der Waals surface area contributed by atoms with Gasteiger partial charge in [0.1, 0.15) is 18.0 Å². The molecule has 0 fully saturated rings. The number of nitrogens with one attached hydrogen (secondary N) is 1. The molecule has 27 heavy (non-hydrogen) atoms. The second kappa shape index (κ2) is 9.17. The normalized spacial score (nSPS) is 10.5. The third kappa shape index (κ3) is 5.55. The van der Waals surface area contributed by atoms with Crippen molar-refractivity contribution in [1.82, 2.24) is 14.8 Å².